The highest BCUT2D eigenvalue weighted by Crippen LogP contribution is 2.30. The quantitative estimate of drug-likeness (QED) is 0.264. The highest BCUT2D eigenvalue weighted by atomic mass is 35.5. The maximum absolute atomic E-state index is 8.88. The third-order valence-electron chi connectivity index (χ3n) is 7.74. The minimum atomic E-state index is -4.64. The number of hydrogen-bond acceptors (Lipinski definition) is 7. The lowest BCUT2D eigenvalue weighted by Crippen LogP contribution is -2.48. The first-order valence-electron chi connectivity index (χ1n) is 14.0. The maximum atomic E-state index is 8.88. The Hall–Kier alpha value is -2.57. The Bertz CT molecular complexity index is 1450. The van der Waals surface area contributed by atoms with Gasteiger partial charge in [-0.05, 0) is 68.0 Å². The van der Waals surface area contributed by atoms with Crippen LogP contribution in [0.15, 0.2) is 60.9 Å². The monoisotopic (exact) mass is 650 g/mol. The Morgan fingerprint density at radius 2 is 1.02 bits per heavy atom. The van der Waals surface area contributed by atoms with E-state index in [0.717, 1.165) is 86.5 Å². The fourth-order valence-electron chi connectivity index (χ4n) is 5.71. The van der Waals surface area contributed by atoms with Crippen molar-refractivity contribution in [3.63, 3.8) is 0 Å². The summed E-state index contributed by atoms with van der Waals surface area (Å²) >= 11 is 12.3. The van der Waals surface area contributed by atoms with E-state index in [0.29, 0.717) is 0 Å². The van der Waals surface area contributed by atoms with Gasteiger partial charge in [-0.25, -0.2) is 4.57 Å². The molecule has 0 atom stereocenters. The third kappa shape index (κ3) is 9.21. The predicted molar refractivity (Wildman–Crippen MR) is 173 cm³/mol. The number of anilines is 2. The molecule has 2 fully saturated rings. The molecule has 5 N–H and O–H groups in total. The van der Waals surface area contributed by atoms with Crippen LogP contribution >= 0.6 is 31.0 Å². The van der Waals surface area contributed by atoms with Gasteiger partial charge in [-0.1, -0.05) is 23.2 Å². The zero-order valence-electron chi connectivity index (χ0n) is 23.7. The van der Waals surface area contributed by atoms with E-state index in [1.165, 1.54) is 28.6 Å². The van der Waals surface area contributed by atoms with Crippen molar-refractivity contribution in [1.82, 2.24) is 19.8 Å². The molecule has 0 amide bonds. The molecule has 6 rings (SSSR count). The second-order valence-corrected chi connectivity index (χ2v) is 12.4. The Kier molecular flexibility index (Phi) is 11.6. The van der Waals surface area contributed by atoms with Crippen molar-refractivity contribution in [3.05, 3.63) is 71.0 Å². The van der Waals surface area contributed by atoms with Gasteiger partial charge in [0, 0.05) is 96.9 Å². The SMILES string of the molecule is Clc1ccc2c(N3CCN(CCCN4CCN(c5ccnc6cc(Cl)ccc56)CC4)CC3)ccnc2c1.O.O=P(O)(O)O. The van der Waals surface area contributed by atoms with Crippen LogP contribution in [-0.2, 0) is 4.57 Å². The molecular formula is C29H37Cl2N6O5P. The average Bonchev–Trinajstić information content (AvgIpc) is 2.96. The van der Waals surface area contributed by atoms with Crippen LogP contribution in [0.2, 0.25) is 10.0 Å². The molecule has 2 aromatic heterocycles. The van der Waals surface area contributed by atoms with E-state index < -0.39 is 7.82 Å². The van der Waals surface area contributed by atoms with Crippen LogP contribution in [0.5, 0.6) is 0 Å². The molecule has 0 bridgehead atoms. The van der Waals surface area contributed by atoms with E-state index in [-0.39, 0.29) is 5.48 Å². The summed E-state index contributed by atoms with van der Waals surface area (Å²) in [5.74, 6) is 0. The van der Waals surface area contributed by atoms with E-state index in [9.17, 15) is 0 Å². The van der Waals surface area contributed by atoms with E-state index in [1.807, 2.05) is 36.7 Å². The van der Waals surface area contributed by atoms with E-state index >= 15 is 0 Å². The van der Waals surface area contributed by atoms with Crippen LogP contribution in [0, 0.1) is 0 Å². The summed E-state index contributed by atoms with van der Waals surface area (Å²) in [5.41, 5.74) is 4.47. The zero-order valence-corrected chi connectivity index (χ0v) is 26.1. The molecule has 2 aliphatic rings. The summed E-state index contributed by atoms with van der Waals surface area (Å²) in [6, 6.07) is 16.3. The van der Waals surface area contributed by atoms with Crippen molar-refractivity contribution in [2.45, 2.75) is 6.42 Å². The molecule has 11 nitrogen and oxygen atoms in total. The van der Waals surface area contributed by atoms with Gasteiger partial charge in [0.2, 0.25) is 0 Å². The highest BCUT2D eigenvalue weighted by Gasteiger charge is 2.21. The molecule has 0 aliphatic carbocycles. The van der Waals surface area contributed by atoms with Gasteiger partial charge < -0.3 is 30.0 Å². The molecule has 0 spiro atoms. The molecule has 232 valence electrons. The van der Waals surface area contributed by atoms with Gasteiger partial charge in [0.05, 0.1) is 11.0 Å². The number of hydrogen-bond donors (Lipinski definition) is 3. The fraction of sp³-hybridized carbons (Fsp3) is 0.379. The van der Waals surface area contributed by atoms with E-state index in [1.54, 1.807) is 0 Å². The normalized spacial score (nSPS) is 16.6. The smallest absolute Gasteiger partial charge is 0.412 e. The standard InChI is InChI=1S/C29H32Cl2N6.H3O4P.H2O/c30-22-2-4-24-26(20-22)32-8-6-28(24)36-16-12-34(13-17-36)10-1-11-35-14-18-37(19-15-35)29-7-9-33-27-21-23(31)3-5-25(27)29;1-5(2,3)4;/h2-9,20-21H,1,10-19H2;(H3,1,2,3,4);1H2. The van der Waals surface area contributed by atoms with Crippen molar-refractivity contribution in [2.24, 2.45) is 0 Å². The largest absolute Gasteiger partial charge is 0.466 e. The maximum Gasteiger partial charge on any atom is 0.466 e. The molecule has 4 aromatic rings. The molecule has 43 heavy (non-hydrogen) atoms. The third-order valence-corrected chi connectivity index (χ3v) is 8.21. The Balaban J connectivity index is 0.000000654. The van der Waals surface area contributed by atoms with Crippen LogP contribution in [0.1, 0.15) is 6.42 Å². The summed E-state index contributed by atoms with van der Waals surface area (Å²) in [7, 11) is -4.64. The van der Waals surface area contributed by atoms with Crippen LogP contribution in [-0.4, -0.2) is 105 Å². The van der Waals surface area contributed by atoms with E-state index in [4.69, 9.17) is 42.4 Å². The molecule has 0 unspecified atom stereocenters. The molecule has 14 heteroatoms. The van der Waals surface area contributed by atoms with Gasteiger partial charge in [0.15, 0.2) is 0 Å². The summed E-state index contributed by atoms with van der Waals surface area (Å²) in [5, 5.41) is 3.84. The minimum absolute atomic E-state index is 0. The summed E-state index contributed by atoms with van der Waals surface area (Å²) in [6.45, 7) is 10.9. The van der Waals surface area contributed by atoms with Crippen LogP contribution in [0.4, 0.5) is 11.4 Å². The summed E-state index contributed by atoms with van der Waals surface area (Å²) in [4.78, 5) is 40.8. The Morgan fingerprint density at radius 3 is 1.40 bits per heavy atom. The molecule has 0 radical (unpaired) electrons. The van der Waals surface area contributed by atoms with Crippen LogP contribution < -0.4 is 9.80 Å². The van der Waals surface area contributed by atoms with Gasteiger partial charge >= 0.3 is 7.82 Å². The predicted octanol–water partition coefficient (Wildman–Crippen LogP) is 3.67. The Labute approximate surface area is 260 Å². The number of aromatic nitrogens is 2. The molecule has 0 saturated carbocycles. The van der Waals surface area contributed by atoms with Crippen LogP contribution in [0.3, 0.4) is 0 Å². The first-order valence-corrected chi connectivity index (χ1v) is 16.3. The lowest BCUT2D eigenvalue weighted by Gasteiger charge is -2.38. The number of halogens is 2. The molecule has 4 heterocycles. The topological polar surface area (TPSA) is 148 Å². The molecule has 2 aromatic carbocycles. The second kappa shape index (κ2) is 14.9. The number of nitrogens with zero attached hydrogens (tertiary/aromatic N) is 6. The molecule has 2 saturated heterocycles. The number of benzene rings is 2. The molecule has 2 aliphatic heterocycles. The lowest BCUT2D eigenvalue weighted by molar-refractivity contribution is 0.213. The number of phosphoric acid groups is 1. The average molecular weight is 652 g/mol. The zero-order chi connectivity index (χ0) is 29.7. The second-order valence-electron chi connectivity index (χ2n) is 10.5. The minimum Gasteiger partial charge on any atom is -0.412 e. The fourth-order valence-corrected chi connectivity index (χ4v) is 6.04. The lowest BCUT2D eigenvalue weighted by atomic mass is 10.1. The van der Waals surface area contributed by atoms with Crippen molar-refractivity contribution >= 4 is 64.2 Å². The number of pyridine rings is 2. The first kappa shape index (κ1) is 33.3. The van der Waals surface area contributed by atoms with Gasteiger partial charge in [-0.2, -0.15) is 0 Å². The van der Waals surface area contributed by atoms with Crippen molar-refractivity contribution in [2.75, 3.05) is 75.2 Å². The van der Waals surface area contributed by atoms with Gasteiger partial charge in [0.25, 0.3) is 0 Å². The van der Waals surface area contributed by atoms with Crippen molar-refractivity contribution in [3.8, 4) is 0 Å². The van der Waals surface area contributed by atoms with Gasteiger partial charge in [-0.3, -0.25) is 19.8 Å². The van der Waals surface area contributed by atoms with Crippen molar-refractivity contribution in [1.29, 1.82) is 0 Å². The Morgan fingerprint density at radius 1 is 0.651 bits per heavy atom. The van der Waals surface area contributed by atoms with Crippen LogP contribution in [0.25, 0.3) is 21.8 Å². The van der Waals surface area contributed by atoms with Gasteiger partial charge in [-0.15, -0.1) is 0 Å². The van der Waals surface area contributed by atoms with Gasteiger partial charge in [0.1, 0.15) is 0 Å². The number of fused-ring (bicyclic) bond motifs is 2. The van der Waals surface area contributed by atoms with Crippen molar-refractivity contribution < 1.29 is 24.7 Å². The first-order chi connectivity index (χ1) is 20.1. The highest BCUT2D eigenvalue weighted by molar-refractivity contribution is 7.45. The van der Waals surface area contributed by atoms with E-state index in [2.05, 4.69) is 53.8 Å². The molecular weight excluding hydrogens is 614 g/mol. The number of rotatable bonds is 6. The summed E-state index contributed by atoms with van der Waals surface area (Å²) in [6.07, 6.45) is 5.01. The number of piperazine rings is 2. The summed E-state index contributed by atoms with van der Waals surface area (Å²) < 4.78 is 8.88.